The van der Waals surface area contributed by atoms with E-state index in [1.54, 1.807) is 0 Å². The van der Waals surface area contributed by atoms with E-state index in [0.29, 0.717) is 5.66 Å². The Labute approximate surface area is 44.5 Å². The second kappa shape index (κ2) is 1.20. The molecule has 2 atom stereocenters. The zero-order valence-corrected chi connectivity index (χ0v) is 5.15. The molecule has 1 N–H and O–H groups in total. The SMILES string of the molecule is CC[C@]1(C)NN1C. The Bertz CT molecular complexity index is 78.1. The highest BCUT2D eigenvalue weighted by molar-refractivity contribution is 4.88. The number of rotatable bonds is 1. The molecule has 2 heteroatoms. The molecule has 2 nitrogen and oxygen atoms in total. The lowest BCUT2D eigenvalue weighted by molar-refractivity contribution is 0.481. The van der Waals surface area contributed by atoms with E-state index in [9.17, 15) is 0 Å². The van der Waals surface area contributed by atoms with Crippen LogP contribution in [0.3, 0.4) is 0 Å². The highest BCUT2D eigenvalue weighted by Crippen LogP contribution is 2.23. The molecule has 0 bridgehead atoms. The van der Waals surface area contributed by atoms with Gasteiger partial charge in [0.15, 0.2) is 0 Å². The number of hydrogen-bond acceptors (Lipinski definition) is 2. The quantitative estimate of drug-likeness (QED) is 0.487. The molecule has 1 fully saturated rings. The maximum absolute atomic E-state index is 3.19. The van der Waals surface area contributed by atoms with Crippen LogP contribution < -0.4 is 5.43 Å². The number of nitrogens with one attached hydrogen (secondary N) is 1. The van der Waals surface area contributed by atoms with Crippen molar-refractivity contribution in [3.63, 3.8) is 0 Å². The predicted octanol–water partition coefficient (Wildman–Crippen LogP) is 0.563. The molecule has 1 aliphatic rings. The Hall–Kier alpha value is -0.0800. The summed E-state index contributed by atoms with van der Waals surface area (Å²) in [6.07, 6.45) is 1.18. The molecule has 1 rings (SSSR count). The summed E-state index contributed by atoms with van der Waals surface area (Å²) in [5.41, 5.74) is 3.52. The summed E-state index contributed by atoms with van der Waals surface area (Å²) in [4.78, 5) is 0. The van der Waals surface area contributed by atoms with Gasteiger partial charge in [-0.1, -0.05) is 6.92 Å². The second-order valence-corrected chi connectivity index (χ2v) is 2.30. The van der Waals surface area contributed by atoms with E-state index in [0.717, 1.165) is 0 Å². The number of hydrazine groups is 1. The molecule has 1 heterocycles. The third-order valence-electron chi connectivity index (χ3n) is 1.79. The smallest absolute Gasteiger partial charge is 0.0940 e. The van der Waals surface area contributed by atoms with Crippen molar-refractivity contribution in [3.05, 3.63) is 0 Å². The maximum atomic E-state index is 3.19. The van der Waals surface area contributed by atoms with E-state index in [-0.39, 0.29) is 0 Å². The average molecular weight is 100 g/mol. The van der Waals surface area contributed by atoms with Gasteiger partial charge in [0.1, 0.15) is 0 Å². The van der Waals surface area contributed by atoms with Gasteiger partial charge in [0.25, 0.3) is 0 Å². The van der Waals surface area contributed by atoms with Crippen molar-refractivity contribution < 1.29 is 0 Å². The van der Waals surface area contributed by atoms with Crippen LogP contribution in [-0.4, -0.2) is 17.7 Å². The average Bonchev–Trinajstić information content (AvgIpc) is 2.18. The van der Waals surface area contributed by atoms with Crippen LogP contribution in [0.1, 0.15) is 20.3 Å². The summed E-state index contributed by atoms with van der Waals surface area (Å²) < 4.78 is 0. The van der Waals surface area contributed by atoms with Gasteiger partial charge in [0, 0.05) is 7.05 Å². The van der Waals surface area contributed by atoms with Crippen LogP contribution in [0, 0.1) is 0 Å². The number of hydrogen-bond donors (Lipinski definition) is 1. The van der Waals surface area contributed by atoms with Gasteiger partial charge in [-0.2, -0.15) is 0 Å². The fourth-order valence-corrected chi connectivity index (χ4v) is 0.653. The van der Waals surface area contributed by atoms with Gasteiger partial charge in [0.05, 0.1) is 5.66 Å². The molecule has 0 aromatic rings. The van der Waals surface area contributed by atoms with Crippen LogP contribution in [0.25, 0.3) is 0 Å². The molecule has 0 aromatic heterocycles. The van der Waals surface area contributed by atoms with Gasteiger partial charge in [0.2, 0.25) is 0 Å². The molecule has 1 saturated heterocycles. The van der Waals surface area contributed by atoms with Gasteiger partial charge in [-0.15, -0.1) is 0 Å². The van der Waals surface area contributed by atoms with Gasteiger partial charge >= 0.3 is 0 Å². The standard InChI is InChI=1S/C5H12N2/c1-4-5(2)6-7(5)3/h6H,4H2,1-3H3/t5-,7?/m1/s1. The van der Waals surface area contributed by atoms with Gasteiger partial charge < -0.3 is 0 Å². The van der Waals surface area contributed by atoms with Crippen LogP contribution in [0.15, 0.2) is 0 Å². The zero-order chi connectivity index (χ0) is 5.49. The highest BCUT2D eigenvalue weighted by atomic mass is 15.8. The van der Waals surface area contributed by atoms with E-state index in [4.69, 9.17) is 0 Å². The van der Waals surface area contributed by atoms with E-state index in [2.05, 4.69) is 31.3 Å². The second-order valence-electron chi connectivity index (χ2n) is 2.30. The minimum Gasteiger partial charge on any atom is -0.233 e. The first-order chi connectivity index (χ1) is 3.19. The predicted molar refractivity (Wildman–Crippen MR) is 29.6 cm³/mol. The Morgan fingerprint density at radius 2 is 2.14 bits per heavy atom. The monoisotopic (exact) mass is 100 g/mol. The summed E-state index contributed by atoms with van der Waals surface area (Å²) in [6, 6.07) is 0. The molecule has 42 valence electrons. The minimum atomic E-state index is 0.333. The van der Waals surface area contributed by atoms with Crippen molar-refractivity contribution in [1.29, 1.82) is 0 Å². The lowest BCUT2D eigenvalue weighted by atomic mass is 10.2. The Kier molecular flexibility index (Phi) is 0.869. The summed E-state index contributed by atoms with van der Waals surface area (Å²) in [5, 5.41) is 2.12. The van der Waals surface area contributed by atoms with Crippen molar-refractivity contribution in [2.24, 2.45) is 0 Å². The van der Waals surface area contributed by atoms with Crippen molar-refractivity contribution in [2.45, 2.75) is 25.9 Å². The van der Waals surface area contributed by atoms with Crippen LogP contribution in [0.5, 0.6) is 0 Å². The van der Waals surface area contributed by atoms with Crippen LogP contribution in [0.2, 0.25) is 0 Å². The van der Waals surface area contributed by atoms with Crippen molar-refractivity contribution in [3.8, 4) is 0 Å². The minimum absolute atomic E-state index is 0.333. The largest absolute Gasteiger partial charge is 0.233 e. The molecular formula is C5H12N2. The Balaban J connectivity index is 2.36. The van der Waals surface area contributed by atoms with Crippen molar-refractivity contribution in [2.75, 3.05) is 7.05 Å². The molecule has 0 aromatic carbocycles. The van der Waals surface area contributed by atoms with Crippen molar-refractivity contribution in [1.82, 2.24) is 10.4 Å². The maximum Gasteiger partial charge on any atom is 0.0940 e. The van der Waals surface area contributed by atoms with E-state index < -0.39 is 0 Å². The van der Waals surface area contributed by atoms with E-state index >= 15 is 0 Å². The molecule has 1 unspecified atom stereocenters. The topological polar surface area (TPSA) is 25.0 Å². The molecule has 0 radical (unpaired) electrons. The first-order valence-corrected chi connectivity index (χ1v) is 2.71. The molecule has 0 saturated carbocycles. The summed E-state index contributed by atoms with van der Waals surface area (Å²) >= 11 is 0. The summed E-state index contributed by atoms with van der Waals surface area (Å²) in [7, 11) is 2.06. The van der Waals surface area contributed by atoms with Crippen LogP contribution in [-0.2, 0) is 0 Å². The third kappa shape index (κ3) is 0.640. The first-order valence-electron chi connectivity index (χ1n) is 2.71. The van der Waals surface area contributed by atoms with Gasteiger partial charge in [-0.3, -0.25) is 0 Å². The molecule has 0 spiro atoms. The Morgan fingerprint density at radius 1 is 1.71 bits per heavy atom. The van der Waals surface area contributed by atoms with E-state index in [1.807, 2.05) is 0 Å². The Morgan fingerprint density at radius 3 is 2.14 bits per heavy atom. The molecule has 0 amide bonds. The highest BCUT2D eigenvalue weighted by Gasteiger charge is 2.41. The third-order valence-corrected chi connectivity index (χ3v) is 1.79. The van der Waals surface area contributed by atoms with Gasteiger partial charge in [-0.25, -0.2) is 10.4 Å². The summed E-state index contributed by atoms with van der Waals surface area (Å²) in [5.74, 6) is 0. The van der Waals surface area contributed by atoms with Gasteiger partial charge in [-0.05, 0) is 13.3 Å². The lowest BCUT2D eigenvalue weighted by Gasteiger charge is -1.97. The normalized spacial score (nSPS) is 49.3. The molecule has 7 heavy (non-hydrogen) atoms. The van der Waals surface area contributed by atoms with E-state index in [1.165, 1.54) is 6.42 Å². The fraction of sp³-hybridized carbons (Fsp3) is 1.00. The zero-order valence-electron chi connectivity index (χ0n) is 5.15. The van der Waals surface area contributed by atoms with Crippen LogP contribution >= 0.6 is 0 Å². The lowest BCUT2D eigenvalue weighted by Crippen LogP contribution is -2.09. The molecule has 0 aliphatic carbocycles. The summed E-state index contributed by atoms with van der Waals surface area (Å²) in [6.45, 7) is 4.36. The molecule has 1 aliphatic heterocycles. The fourth-order valence-electron chi connectivity index (χ4n) is 0.653. The van der Waals surface area contributed by atoms with Crippen molar-refractivity contribution >= 4 is 0 Å². The first kappa shape index (κ1) is 5.06. The number of nitrogens with zero attached hydrogens (tertiary/aromatic N) is 1. The van der Waals surface area contributed by atoms with Crippen LogP contribution in [0.4, 0.5) is 0 Å². The molecular weight excluding hydrogens is 88.1 g/mol.